The van der Waals surface area contributed by atoms with E-state index in [0.717, 1.165) is 0 Å². The third kappa shape index (κ3) is 6.35. The van der Waals surface area contributed by atoms with Crippen molar-refractivity contribution < 1.29 is 19.4 Å². The summed E-state index contributed by atoms with van der Waals surface area (Å²) in [7, 11) is 0. The number of benzene rings is 1. The van der Waals surface area contributed by atoms with Crippen molar-refractivity contribution in [1.82, 2.24) is 5.32 Å². The Morgan fingerprint density at radius 3 is 2.52 bits per heavy atom. The lowest BCUT2D eigenvalue weighted by Gasteiger charge is -2.19. The maximum Gasteiger partial charge on any atom is 0.407 e. The fraction of sp³-hybridized carbons (Fsp3) is 0.429. The number of carboxylic acids is 1. The van der Waals surface area contributed by atoms with Gasteiger partial charge < -0.3 is 20.5 Å². The van der Waals surface area contributed by atoms with Crippen LogP contribution in [0, 0.1) is 0 Å². The quantitative estimate of drug-likeness (QED) is 0.727. The Morgan fingerprint density at radius 2 is 1.95 bits per heavy atom. The molecule has 0 unspecified atom stereocenters. The van der Waals surface area contributed by atoms with E-state index in [9.17, 15) is 9.59 Å². The van der Waals surface area contributed by atoms with Crippen molar-refractivity contribution in [2.45, 2.75) is 26.4 Å². The van der Waals surface area contributed by atoms with E-state index in [2.05, 4.69) is 10.6 Å². The van der Waals surface area contributed by atoms with Crippen molar-refractivity contribution in [3.8, 4) is 0 Å². The van der Waals surface area contributed by atoms with Crippen molar-refractivity contribution in [3.63, 3.8) is 0 Å². The molecule has 0 heterocycles. The van der Waals surface area contributed by atoms with E-state index in [-0.39, 0.29) is 5.56 Å². The summed E-state index contributed by atoms with van der Waals surface area (Å²) in [5.41, 5.74) is -0.0258. The maximum absolute atomic E-state index is 11.4. The summed E-state index contributed by atoms with van der Waals surface area (Å²) in [6.45, 7) is 5.99. The fourth-order valence-electron chi connectivity index (χ4n) is 1.52. The van der Waals surface area contributed by atoms with Crippen molar-refractivity contribution in [2.75, 3.05) is 18.4 Å². The molecule has 0 aliphatic carbocycles. The van der Waals surface area contributed by atoms with Crippen LogP contribution in [0.5, 0.6) is 0 Å². The molecule has 0 saturated heterocycles. The lowest BCUT2D eigenvalue weighted by Crippen LogP contribution is -2.35. The number of hydrogen-bond donors (Lipinski definition) is 3. The van der Waals surface area contributed by atoms with Gasteiger partial charge in [-0.05, 0) is 39.0 Å². The number of rotatable bonds is 5. The van der Waals surface area contributed by atoms with E-state index in [0.29, 0.717) is 23.8 Å². The van der Waals surface area contributed by atoms with Crippen molar-refractivity contribution in [1.29, 1.82) is 0 Å². The van der Waals surface area contributed by atoms with E-state index in [1.807, 2.05) is 0 Å². The molecule has 116 valence electrons. The molecule has 6 nitrogen and oxygen atoms in total. The SMILES string of the molecule is CC(C)(C)OC(=O)NCCNc1ccc(Cl)cc1C(=O)O. The number of ether oxygens (including phenoxy) is 1. The third-order valence-electron chi connectivity index (χ3n) is 2.32. The molecule has 0 bridgehead atoms. The van der Waals surface area contributed by atoms with Gasteiger partial charge in [0, 0.05) is 23.8 Å². The van der Waals surface area contributed by atoms with Gasteiger partial charge in [0.25, 0.3) is 0 Å². The Kier molecular flexibility index (Phi) is 5.84. The van der Waals surface area contributed by atoms with Crippen LogP contribution in [0.4, 0.5) is 10.5 Å². The highest BCUT2D eigenvalue weighted by Crippen LogP contribution is 2.20. The largest absolute Gasteiger partial charge is 0.478 e. The van der Waals surface area contributed by atoms with E-state index < -0.39 is 17.7 Å². The Labute approximate surface area is 128 Å². The number of halogens is 1. The molecule has 0 aromatic heterocycles. The smallest absolute Gasteiger partial charge is 0.407 e. The monoisotopic (exact) mass is 314 g/mol. The number of carbonyl (C=O) groups is 2. The molecule has 1 aromatic rings. The first-order valence-electron chi connectivity index (χ1n) is 6.42. The molecular formula is C14H19ClN2O4. The van der Waals surface area contributed by atoms with Crippen LogP contribution >= 0.6 is 11.6 Å². The van der Waals surface area contributed by atoms with Crippen LogP contribution in [0.25, 0.3) is 0 Å². The van der Waals surface area contributed by atoms with Gasteiger partial charge in [-0.3, -0.25) is 0 Å². The molecule has 1 rings (SSSR count). The number of alkyl carbamates (subject to hydrolysis) is 1. The molecule has 7 heteroatoms. The topological polar surface area (TPSA) is 87.7 Å². The molecule has 0 atom stereocenters. The van der Waals surface area contributed by atoms with Crippen LogP contribution in [-0.2, 0) is 4.74 Å². The number of nitrogens with one attached hydrogen (secondary N) is 2. The van der Waals surface area contributed by atoms with Crippen molar-refractivity contribution >= 4 is 29.4 Å². The number of anilines is 1. The van der Waals surface area contributed by atoms with E-state index in [1.54, 1.807) is 32.9 Å². The van der Waals surface area contributed by atoms with Crippen LogP contribution in [0.1, 0.15) is 31.1 Å². The van der Waals surface area contributed by atoms with Gasteiger partial charge in [0.05, 0.1) is 5.56 Å². The molecule has 0 fully saturated rings. The highest BCUT2D eigenvalue weighted by Gasteiger charge is 2.15. The molecular weight excluding hydrogens is 296 g/mol. The molecule has 1 amide bonds. The third-order valence-corrected chi connectivity index (χ3v) is 2.56. The molecule has 0 spiro atoms. The highest BCUT2D eigenvalue weighted by atomic mass is 35.5. The van der Waals surface area contributed by atoms with Crippen LogP contribution in [0.2, 0.25) is 5.02 Å². The molecule has 3 N–H and O–H groups in total. The average Bonchev–Trinajstić information content (AvgIpc) is 2.33. The number of aromatic carboxylic acids is 1. The summed E-state index contributed by atoms with van der Waals surface area (Å²) in [4.78, 5) is 22.5. The molecule has 0 radical (unpaired) electrons. The van der Waals surface area contributed by atoms with Gasteiger partial charge in [-0.25, -0.2) is 9.59 Å². The number of hydrogen-bond acceptors (Lipinski definition) is 4. The fourth-order valence-corrected chi connectivity index (χ4v) is 1.70. The Balaban J connectivity index is 2.47. The summed E-state index contributed by atoms with van der Waals surface area (Å²) >= 11 is 5.76. The normalized spacial score (nSPS) is 10.9. The van der Waals surface area contributed by atoms with Gasteiger partial charge in [-0.2, -0.15) is 0 Å². The van der Waals surface area contributed by atoms with Crippen molar-refractivity contribution in [2.24, 2.45) is 0 Å². The molecule has 0 saturated carbocycles. The zero-order chi connectivity index (χ0) is 16.0. The molecule has 1 aromatic carbocycles. The average molecular weight is 315 g/mol. The second-order valence-electron chi connectivity index (χ2n) is 5.35. The maximum atomic E-state index is 11.4. The predicted molar refractivity (Wildman–Crippen MR) is 81.1 cm³/mol. The minimum Gasteiger partial charge on any atom is -0.478 e. The standard InChI is InChI=1S/C14H19ClN2O4/c1-14(2,3)21-13(20)17-7-6-16-11-5-4-9(15)8-10(11)12(18)19/h4-5,8,16H,6-7H2,1-3H3,(H,17,20)(H,18,19). The van der Waals surface area contributed by atoms with Gasteiger partial charge in [0.15, 0.2) is 0 Å². The summed E-state index contributed by atoms with van der Waals surface area (Å²) in [5, 5.41) is 14.9. The van der Waals surface area contributed by atoms with E-state index in [1.165, 1.54) is 6.07 Å². The second kappa shape index (κ2) is 7.17. The Morgan fingerprint density at radius 1 is 1.29 bits per heavy atom. The first-order valence-corrected chi connectivity index (χ1v) is 6.80. The van der Waals surface area contributed by atoms with Gasteiger partial charge in [0.2, 0.25) is 0 Å². The number of carboxylic acid groups (broad SMARTS) is 1. The Bertz CT molecular complexity index is 526. The van der Waals surface area contributed by atoms with Gasteiger partial charge in [-0.1, -0.05) is 11.6 Å². The molecule has 0 aliphatic rings. The van der Waals surface area contributed by atoms with Crippen molar-refractivity contribution in [3.05, 3.63) is 28.8 Å². The van der Waals surface area contributed by atoms with Gasteiger partial charge in [0.1, 0.15) is 5.60 Å². The predicted octanol–water partition coefficient (Wildman–Crippen LogP) is 2.97. The van der Waals surface area contributed by atoms with Crippen LogP contribution in [0.3, 0.4) is 0 Å². The van der Waals surface area contributed by atoms with E-state index >= 15 is 0 Å². The molecule has 21 heavy (non-hydrogen) atoms. The molecule has 0 aliphatic heterocycles. The number of carbonyl (C=O) groups excluding carboxylic acids is 1. The highest BCUT2D eigenvalue weighted by molar-refractivity contribution is 6.31. The summed E-state index contributed by atoms with van der Waals surface area (Å²) in [6, 6.07) is 4.55. The Hall–Kier alpha value is -1.95. The lowest BCUT2D eigenvalue weighted by atomic mass is 10.2. The second-order valence-corrected chi connectivity index (χ2v) is 5.79. The van der Waals surface area contributed by atoms with Crippen LogP contribution < -0.4 is 10.6 Å². The zero-order valence-corrected chi connectivity index (χ0v) is 13.0. The number of amides is 1. The first-order chi connectivity index (χ1) is 9.69. The van der Waals surface area contributed by atoms with Gasteiger partial charge >= 0.3 is 12.1 Å². The summed E-state index contributed by atoms with van der Waals surface area (Å²) in [6.07, 6.45) is -0.515. The minimum absolute atomic E-state index is 0.0831. The first kappa shape index (κ1) is 17.1. The summed E-state index contributed by atoms with van der Waals surface area (Å²) < 4.78 is 5.08. The lowest BCUT2D eigenvalue weighted by molar-refractivity contribution is 0.0529. The van der Waals surface area contributed by atoms with Gasteiger partial charge in [-0.15, -0.1) is 0 Å². The minimum atomic E-state index is -1.07. The summed E-state index contributed by atoms with van der Waals surface area (Å²) in [5.74, 6) is -1.07. The van der Waals surface area contributed by atoms with E-state index in [4.69, 9.17) is 21.4 Å². The van der Waals surface area contributed by atoms with Crippen LogP contribution in [-0.4, -0.2) is 35.9 Å². The van der Waals surface area contributed by atoms with Crippen LogP contribution in [0.15, 0.2) is 18.2 Å². The zero-order valence-electron chi connectivity index (χ0n) is 12.2.